The van der Waals surface area contributed by atoms with Gasteiger partial charge in [0.25, 0.3) is 5.69 Å². The largest absolute Gasteiger partial charge is 0.449 e. The standard InChI is InChI=1S/C14H11N3O4/c1-3-8-21-14(18)12-9-16(2)15-13(12)10-4-6-11(7-5-10)17(19)20/h1,4-7,9H,8H2,2H3. The SMILES string of the molecule is C#CCOC(=O)c1cn(C)nc1-c1ccc([N+](=O)[O-])cc1. The van der Waals surface area contributed by atoms with Gasteiger partial charge in [-0.1, -0.05) is 5.92 Å². The Balaban J connectivity index is 2.37. The Morgan fingerprint density at radius 3 is 2.71 bits per heavy atom. The van der Waals surface area contributed by atoms with E-state index in [1.54, 1.807) is 7.05 Å². The van der Waals surface area contributed by atoms with Crippen molar-refractivity contribution in [3.63, 3.8) is 0 Å². The lowest BCUT2D eigenvalue weighted by molar-refractivity contribution is -0.384. The molecule has 7 nitrogen and oxygen atoms in total. The van der Waals surface area contributed by atoms with E-state index in [2.05, 4.69) is 11.0 Å². The van der Waals surface area contributed by atoms with Gasteiger partial charge in [-0.05, 0) is 12.1 Å². The molecule has 0 spiro atoms. The number of hydrogen-bond acceptors (Lipinski definition) is 5. The van der Waals surface area contributed by atoms with Crippen LogP contribution in [0.25, 0.3) is 11.3 Å². The molecule has 0 saturated carbocycles. The van der Waals surface area contributed by atoms with Crippen LogP contribution in [-0.4, -0.2) is 27.3 Å². The van der Waals surface area contributed by atoms with Crippen LogP contribution in [0, 0.1) is 22.5 Å². The van der Waals surface area contributed by atoms with E-state index >= 15 is 0 Å². The number of carbonyl (C=O) groups excluding carboxylic acids is 1. The van der Waals surface area contributed by atoms with Crippen molar-refractivity contribution in [2.75, 3.05) is 6.61 Å². The number of benzene rings is 1. The first kappa shape index (κ1) is 14.3. The van der Waals surface area contributed by atoms with E-state index in [0.29, 0.717) is 11.3 Å². The summed E-state index contributed by atoms with van der Waals surface area (Å²) in [5.74, 6) is 1.62. The average Bonchev–Trinajstić information content (AvgIpc) is 2.87. The van der Waals surface area contributed by atoms with Gasteiger partial charge in [0, 0.05) is 30.9 Å². The molecule has 0 saturated heterocycles. The highest BCUT2D eigenvalue weighted by Crippen LogP contribution is 2.24. The highest BCUT2D eigenvalue weighted by atomic mass is 16.6. The van der Waals surface area contributed by atoms with E-state index in [4.69, 9.17) is 11.2 Å². The predicted octanol–water partition coefficient (Wildman–Crippen LogP) is 1.79. The van der Waals surface area contributed by atoms with Crippen LogP contribution >= 0.6 is 0 Å². The number of nitrogens with zero attached hydrogens (tertiary/aromatic N) is 3. The zero-order chi connectivity index (χ0) is 15.4. The number of aromatic nitrogens is 2. The fourth-order valence-corrected chi connectivity index (χ4v) is 1.78. The van der Waals surface area contributed by atoms with Crippen molar-refractivity contribution in [3.05, 3.63) is 46.1 Å². The zero-order valence-corrected chi connectivity index (χ0v) is 11.1. The van der Waals surface area contributed by atoms with Crippen LogP contribution in [-0.2, 0) is 11.8 Å². The highest BCUT2D eigenvalue weighted by molar-refractivity contribution is 5.96. The summed E-state index contributed by atoms with van der Waals surface area (Å²) in [6.07, 6.45) is 6.55. The van der Waals surface area contributed by atoms with Crippen LogP contribution < -0.4 is 0 Å². The molecule has 0 atom stereocenters. The van der Waals surface area contributed by atoms with Crippen LogP contribution in [0.4, 0.5) is 5.69 Å². The summed E-state index contributed by atoms with van der Waals surface area (Å²) in [5.41, 5.74) is 1.18. The number of carbonyl (C=O) groups is 1. The second-order valence-corrected chi connectivity index (χ2v) is 4.15. The highest BCUT2D eigenvalue weighted by Gasteiger charge is 2.19. The number of nitro groups is 1. The maximum absolute atomic E-state index is 11.9. The minimum atomic E-state index is -0.589. The quantitative estimate of drug-likeness (QED) is 0.370. The number of aryl methyl sites for hydroxylation is 1. The summed E-state index contributed by atoms with van der Waals surface area (Å²) in [6.45, 7) is -0.132. The minimum absolute atomic E-state index is 0.0360. The van der Waals surface area contributed by atoms with Crippen molar-refractivity contribution in [1.29, 1.82) is 0 Å². The van der Waals surface area contributed by atoms with Crippen LogP contribution in [0.5, 0.6) is 0 Å². The molecule has 0 bridgehead atoms. The molecule has 106 valence electrons. The Morgan fingerprint density at radius 1 is 1.48 bits per heavy atom. The van der Waals surface area contributed by atoms with E-state index in [-0.39, 0.29) is 17.9 Å². The first-order chi connectivity index (χ1) is 10.0. The number of terminal acetylenes is 1. The molecule has 2 aromatic rings. The number of non-ortho nitro benzene ring substituents is 1. The smallest absolute Gasteiger partial charge is 0.342 e. The van der Waals surface area contributed by atoms with Crippen LogP contribution in [0.1, 0.15) is 10.4 Å². The molecule has 1 aromatic carbocycles. The molecular formula is C14H11N3O4. The number of rotatable bonds is 4. The lowest BCUT2D eigenvalue weighted by atomic mass is 10.1. The summed E-state index contributed by atoms with van der Waals surface area (Å²) >= 11 is 0. The van der Waals surface area contributed by atoms with Crippen LogP contribution in [0.15, 0.2) is 30.5 Å². The van der Waals surface area contributed by atoms with E-state index in [1.807, 2.05) is 0 Å². The first-order valence-corrected chi connectivity index (χ1v) is 5.92. The molecule has 2 rings (SSSR count). The number of ether oxygens (including phenoxy) is 1. The third-order valence-electron chi connectivity index (χ3n) is 2.69. The monoisotopic (exact) mass is 285 g/mol. The van der Waals surface area contributed by atoms with E-state index in [0.717, 1.165) is 0 Å². The van der Waals surface area contributed by atoms with E-state index in [1.165, 1.54) is 35.1 Å². The Bertz CT molecular complexity index is 726. The molecule has 0 aliphatic heterocycles. The molecule has 0 N–H and O–H groups in total. The molecule has 0 aliphatic carbocycles. The summed E-state index contributed by atoms with van der Waals surface area (Å²) in [7, 11) is 1.66. The van der Waals surface area contributed by atoms with Gasteiger partial charge in [0.05, 0.1) is 4.92 Å². The number of nitro benzene ring substituents is 1. The van der Waals surface area contributed by atoms with Crippen molar-refractivity contribution in [3.8, 4) is 23.6 Å². The van der Waals surface area contributed by atoms with Gasteiger partial charge in [-0.3, -0.25) is 14.8 Å². The van der Waals surface area contributed by atoms with Crippen LogP contribution in [0.3, 0.4) is 0 Å². The Labute approximate surface area is 120 Å². The van der Waals surface area contributed by atoms with Crippen molar-refractivity contribution in [1.82, 2.24) is 9.78 Å². The molecule has 7 heteroatoms. The summed E-state index contributed by atoms with van der Waals surface area (Å²) in [5, 5.41) is 14.8. The maximum Gasteiger partial charge on any atom is 0.342 e. The van der Waals surface area contributed by atoms with Crippen molar-refractivity contribution in [2.24, 2.45) is 7.05 Å². The number of hydrogen-bond donors (Lipinski definition) is 0. The fourth-order valence-electron chi connectivity index (χ4n) is 1.78. The van der Waals surface area contributed by atoms with Gasteiger partial charge in [0.15, 0.2) is 6.61 Å². The second-order valence-electron chi connectivity index (χ2n) is 4.15. The van der Waals surface area contributed by atoms with Gasteiger partial charge < -0.3 is 4.74 Å². The lowest BCUT2D eigenvalue weighted by Crippen LogP contribution is -2.05. The van der Waals surface area contributed by atoms with Gasteiger partial charge in [-0.25, -0.2) is 4.79 Å². The molecule has 1 heterocycles. The van der Waals surface area contributed by atoms with Gasteiger partial charge in [-0.2, -0.15) is 5.10 Å². The van der Waals surface area contributed by atoms with Crippen molar-refractivity contribution >= 4 is 11.7 Å². The Kier molecular flexibility index (Phi) is 4.00. The molecule has 1 aromatic heterocycles. The normalized spacial score (nSPS) is 9.90. The summed E-state index contributed by atoms with van der Waals surface area (Å²) in [6, 6.07) is 5.75. The maximum atomic E-state index is 11.9. The minimum Gasteiger partial charge on any atom is -0.449 e. The van der Waals surface area contributed by atoms with Gasteiger partial charge in [0.2, 0.25) is 0 Å². The Morgan fingerprint density at radius 2 is 2.14 bits per heavy atom. The predicted molar refractivity (Wildman–Crippen MR) is 74.4 cm³/mol. The molecule has 21 heavy (non-hydrogen) atoms. The number of esters is 1. The second kappa shape index (κ2) is 5.88. The topological polar surface area (TPSA) is 87.3 Å². The van der Waals surface area contributed by atoms with Gasteiger partial charge in [0.1, 0.15) is 11.3 Å². The third-order valence-corrected chi connectivity index (χ3v) is 2.69. The third kappa shape index (κ3) is 3.06. The molecular weight excluding hydrogens is 274 g/mol. The molecule has 0 aliphatic rings. The van der Waals surface area contributed by atoms with Gasteiger partial charge in [-0.15, -0.1) is 6.42 Å². The van der Waals surface area contributed by atoms with Crippen LogP contribution in [0.2, 0.25) is 0 Å². The van der Waals surface area contributed by atoms with Crippen molar-refractivity contribution < 1.29 is 14.5 Å². The lowest BCUT2D eigenvalue weighted by Gasteiger charge is -2.02. The van der Waals surface area contributed by atoms with Gasteiger partial charge >= 0.3 is 5.97 Å². The first-order valence-electron chi connectivity index (χ1n) is 5.92. The van der Waals surface area contributed by atoms with E-state index in [9.17, 15) is 14.9 Å². The van der Waals surface area contributed by atoms with Crippen molar-refractivity contribution in [2.45, 2.75) is 0 Å². The van der Waals surface area contributed by atoms with E-state index < -0.39 is 10.9 Å². The molecule has 0 amide bonds. The molecule has 0 radical (unpaired) electrons. The summed E-state index contributed by atoms with van der Waals surface area (Å²) in [4.78, 5) is 22.1. The fraction of sp³-hybridized carbons (Fsp3) is 0.143. The Hall–Kier alpha value is -3.14. The molecule has 0 fully saturated rings. The average molecular weight is 285 g/mol. The summed E-state index contributed by atoms with van der Waals surface area (Å²) < 4.78 is 6.34. The zero-order valence-electron chi connectivity index (χ0n) is 11.1. The molecule has 0 unspecified atom stereocenters.